The van der Waals surface area contributed by atoms with E-state index in [1.165, 1.54) is 12.1 Å². The molecule has 0 fully saturated rings. The molecule has 6 heteroatoms. The van der Waals surface area contributed by atoms with E-state index in [1.54, 1.807) is 6.92 Å². The number of nitrogens with zero attached hydrogens (tertiary/aromatic N) is 2. The van der Waals surface area contributed by atoms with Gasteiger partial charge in [0.2, 0.25) is 0 Å². The van der Waals surface area contributed by atoms with Gasteiger partial charge >= 0.3 is 0 Å². The van der Waals surface area contributed by atoms with Crippen molar-refractivity contribution in [1.82, 2.24) is 9.97 Å². The molecule has 0 spiro atoms. The maximum atomic E-state index is 13.1. The van der Waals surface area contributed by atoms with Crippen molar-refractivity contribution >= 4 is 34.2 Å². The number of phenolic OH excluding ortho intramolecular Hbond substituents is 1. The second-order valence-electron chi connectivity index (χ2n) is 3.44. The third kappa shape index (κ3) is 2.66. The van der Waals surface area contributed by atoms with Gasteiger partial charge in [-0.2, -0.15) is 0 Å². The Morgan fingerprint density at radius 2 is 2.00 bits per heavy atom. The highest BCUT2D eigenvalue weighted by Gasteiger charge is 2.10. The first-order valence-electron chi connectivity index (χ1n) is 4.67. The van der Waals surface area contributed by atoms with Gasteiger partial charge in [0, 0.05) is 11.6 Å². The minimum absolute atomic E-state index is 0.170. The van der Waals surface area contributed by atoms with E-state index in [-0.39, 0.29) is 5.75 Å². The first-order chi connectivity index (χ1) is 7.97. The lowest BCUT2D eigenvalue weighted by molar-refractivity contribution is 0.469. The molecular weight excluding hydrogens is 357 g/mol. The summed E-state index contributed by atoms with van der Waals surface area (Å²) < 4.78 is 13.9. The predicted molar refractivity (Wildman–Crippen MR) is 71.6 cm³/mol. The Morgan fingerprint density at radius 1 is 1.29 bits per heavy atom. The number of halogens is 3. The molecule has 0 atom stereocenters. The van der Waals surface area contributed by atoms with Gasteiger partial charge in [-0.05, 0) is 41.6 Å². The van der Waals surface area contributed by atoms with Gasteiger partial charge < -0.3 is 5.11 Å². The van der Waals surface area contributed by atoms with Crippen LogP contribution >= 0.6 is 34.2 Å². The molecule has 3 nitrogen and oxygen atoms in total. The molecule has 17 heavy (non-hydrogen) atoms. The summed E-state index contributed by atoms with van der Waals surface area (Å²) in [5.41, 5.74) is 1.10. The zero-order valence-electron chi connectivity index (χ0n) is 8.71. The average molecular weight is 365 g/mol. The highest BCUT2D eigenvalue weighted by atomic mass is 127. The van der Waals surface area contributed by atoms with Crippen molar-refractivity contribution in [2.75, 3.05) is 0 Å². The zero-order chi connectivity index (χ0) is 12.6. The standard InChI is InChI=1S/C11H7ClFIN2O/c1-5-9(14)10(12)16-11(15-5)6-2-7(13)4-8(17)3-6/h2-4,17H,1H3. The quantitative estimate of drug-likeness (QED) is 0.622. The fourth-order valence-corrected chi connectivity index (χ4v) is 1.81. The van der Waals surface area contributed by atoms with Crippen LogP contribution in [0.3, 0.4) is 0 Å². The van der Waals surface area contributed by atoms with Gasteiger partial charge in [0.25, 0.3) is 0 Å². The summed E-state index contributed by atoms with van der Waals surface area (Å²) in [4.78, 5) is 8.26. The molecule has 1 heterocycles. The summed E-state index contributed by atoms with van der Waals surface area (Å²) in [6.45, 7) is 1.79. The number of aryl methyl sites for hydroxylation is 1. The van der Waals surface area contributed by atoms with Crippen LogP contribution in [0.2, 0.25) is 5.15 Å². The van der Waals surface area contributed by atoms with E-state index in [0.717, 1.165) is 9.64 Å². The molecule has 1 aromatic carbocycles. The van der Waals surface area contributed by atoms with Crippen molar-refractivity contribution in [2.24, 2.45) is 0 Å². The van der Waals surface area contributed by atoms with Crippen LogP contribution in [0.25, 0.3) is 11.4 Å². The Kier molecular flexibility index (Phi) is 3.48. The van der Waals surface area contributed by atoms with Crippen LogP contribution in [-0.4, -0.2) is 15.1 Å². The summed E-state index contributed by atoms with van der Waals surface area (Å²) >= 11 is 7.97. The molecule has 0 saturated heterocycles. The molecule has 0 radical (unpaired) electrons. The lowest BCUT2D eigenvalue weighted by atomic mass is 10.2. The second kappa shape index (κ2) is 4.73. The predicted octanol–water partition coefficient (Wildman–Crippen LogP) is 3.55. The molecule has 0 amide bonds. The van der Waals surface area contributed by atoms with Crippen molar-refractivity contribution in [3.8, 4) is 17.1 Å². The van der Waals surface area contributed by atoms with Crippen molar-refractivity contribution < 1.29 is 9.50 Å². The van der Waals surface area contributed by atoms with Crippen LogP contribution in [0.5, 0.6) is 5.75 Å². The average Bonchev–Trinajstić information content (AvgIpc) is 2.23. The Morgan fingerprint density at radius 3 is 2.59 bits per heavy atom. The molecule has 1 aromatic heterocycles. The maximum Gasteiger partial charge on any atom is 0.161 e. The highest BCUT2D eigenvalue weighted by molar-refractivity contribution is 14.1. The number of aromatic nitrogens is 2. The summed E-state index contributed by atoms with van der Waals surface area (Å²) in [6, 6.07) is 3.66. The Balaban J connectivity index is 2.60. The van der Waals surface area contributed by atoms with Crippen LogP contribution in [0.4, 0.5) is 4.39 Å². The van der Waals surface area contributed by atoms with E-state index in [1.807, 2.05) is 22.6 Å². The van der Waals surface area contributed by atoms with Crippen LogP contribution < -0.4 is 0 Å². The lowest BCUT2D eigenvalue weighted by Gasteiger charge is -2.05. The molecule has 1 N–H and O–H groups in total. The van der Waals surface area contributed by atoms with Gasteiger partial charge in [-0.1, -0.05) is 11.6 Å². The number of rotatable bonds is 1. The first kappa shape index (κ1) is 12.5. The third-order valence-corrected chi connectivity index (χ3v) is 4.00. The van der Waals surface area contributed by atoms with Crippen LogP contribution in [-0.2, 0) is 0 Å². The molecule has 0 aliphatic heterocycles. The van der Waals surface area contributed by atoms with E-state index >= 15 is 0 Å². The van der Waals surface area contributed by atoms with Gasteiger partial charge in [-0.25, -0.2) is 14.4 Å². The fourth-order valence-electron chi connectivity index (χ4n) is 1.36. The van der Waals surface area contributed by atoms with Crippen molar-refractivity contribution in [3.63, 3.8) is 0 Å². The van der Waals surface area contributed by atoms with Crippen LogP contribution in [0.1, 0.15) is 5.69 Å². The SMILES string of the molecule is Cc1nc(-c2cc(O)cc(F)c2)nc(Cl)c1I. The minimum Gasteiger partial charge on any atom is -0.508 e. The summed E-state index contributed by atoms with van der Waals surface area (Å²) in [5.74, 6) is -0.422. The maximum absolute atomic E-state index is 13.1. The molecule has 2 rings (SSSR count). The smallest absolute Gasteiger partial charge is 0.161 e. The largest absolute Gasteiger partial charge is 0.508 e. The van der Waals surface area contributed by atoms with E-state index in [4.69, 9.17) is 11.6 Å². The van der Waals surface area contributed by atoms with E-state index < -0.39 is 5.82 Å². The second-order valence-corrected chi connectivity index (χ2v) is 4.87. The van der Waals surface area contributed by atoms with E-state index in [2.05, 4.69) is 9.97 Å². The molecule has 2 aromatic rings. The molecular formula is C11H7ClFIN2O. The number of aromatic hydroxyl groups is 1. The van der Waals surface area contributed by atoms with Crippen molar-refractivity contribution in [1.29, 1.82) is 0 Å². The normalized spacial score (nSPS) is 10.6. The minimum atomic E-state index is -0.545. The van der Waals surface area contributed by atoms with E-state index in [0.29, 0.717) is 22.2 Å². The molecule has 0 unspecified atom stereocenters. The lowest BCUT2D eigenvalue weighted by Crippen LogP contribution is -1.96. The van der Waals surface area contributed by atoms with Gasteiger partial charge in [0.1, 0.15) is 16.7 Å². The molecule has 0 bridgehead atoms. The van der Waals surface area contributed by atoms with Crippen LogP contribution in [0.15, 0.2) is 18.2 Å². The highest BCUT2D eigenvalue weighted by Crippen LogP contribution is 2.26. The van der Waals surface area contributed by atoms with Crippen molar-refractivity contribution in [2.45, 2.75) is 6.92 Å². The molecule has 88 valence electrons. The van der Waals surface area contributed by atoms with Crippen LogP contribution in [0, 0.1) is 16.3 Å². The van der Waals surface area contributed by atoms with E-state index in [9.17, 15) is 9.50 Å². The Labute approximate surface area is 116 Å². The number of benzene rings is 1. The fraction of sp³-hybridized carbons (Fsp3) is 0.0909. The van der Waals surface area contributed by atoms with Gasteiger partial charge in [0.05, 0.1) is 9.26 Å². The number of phenols is 1. The monoisotopic (exact) mass is 364 g/mol. The van der Waals surface area contributed by atoms with Crippen molar-refractivity contribution in [3.05, 3.63) is 38.4 Å². The summed E-state index contributed by atoms with van der Waals surface area (Å²) in [7, 11) is 0. The number of hydrogen-bond donors (Lipinski definition) is 1. The Hall–Kier alpha value is -0.950. The van der Waals surface area contributed by atoms with Gasteiger partial charge in [0.15, 0.2) is 5.82 Å². The topological polar surface area (TPSA) is 46.0 Å². The Bertz CT molecular complexity index is 548. The molecule has 0 saturated carbocycles. The van der Waals surface area contributed by atoms with Gasteiger partial charge in [-0.3, -0.25) is 0 Å². The third-order valence-electron chi connectivity index (χ3n) is 2.12. The first-order valence-corrected chi connectivity index (χ1v) is 6.12. The number of hydrogen-bond acceptors (Lipinski definition) is 3. The summed E-state index contributed by atoms with van der Waals surface area (Å²) in [6.07, 6.45) is 0. The zero-order valence-corrected chi connectivity index (χ0v) is 11.6. The molecule has 0 aliphatic rings. The summed E-state index contributed by atoms with van der Waals surface area (Å²) in [5, 5.41) is 9.63. The molecule has 0 aliphatic carbocycles. The van der Waals surface area contributed by atoms with Gasteiger partial charge in [-0.15, -0.1) is 0 Å².